The lowest BCUT2D eigenvalue weighted by Crippen LogP contribution is -2.65. The number of halogens is 2. The number of amides is 1. The van der Waals surface area contributed by atoms with Crippen LogP contribution in [0.5, 0.6) is 11.6 Å². The second-order valence-corrected chi connectivity index (χ2v) is 24.0. The molecule has 7 rings (SSSR count). The summed E-state index contributed by atoms with van der Waals surface area (Å²) in [6, 6.07) is 5.77. The van der Waals surface area contributed by atoms with E-state index < -0.39 is 31.4 Å². The SMILES string of the molecule is COCOc1cc(-c2nc3c4c(nc(SC)nc4c2F)N2C[C@H]4CC[C@@H]([C@H]2[C@H](C)O3)N4C(=O)OC(C)(C)C)c2c(C#C[Si](C(C)C)(C(C)C)C(C)C)c(F)ccc2c1. The van der Waals surface area contributed by atoms with Crippen LogP contribution in [-0.2, 0) is 9.47 Å². The average Bonchev–Trinajstić information content (AvgIpc) is 3.40. The molecule has 2 fully saturated rings. The molecule has 4 atom stereocenters. The van der Waals surface area contributed by atoms with Crippen molar-refractivity contribution in [1.82, 2.24) is 19.9 Å². The topological polar surface area (TPSA) is 99.1 Å². The molecular formula is C44H55F2N5O5SSi. The van der Waals surface area contributed by atoms with Crippen molar-refractivity contribution in [1.29, 1.82) is 0 Å². The molecule has 5 heterocycles. The molecule has 2 aromatic carbocycles. The van der Waals surface area contributed by atoms with Gasteiger partial charge in [0.1, 0.15) is 53.8 Å². The van der Waals surface area contributed by atoms with Gasteiger partial charge in [0.25, 0.3) is 0 Å². The summed E-state index contributed by atoms with van der Waals surface area (Å²) in [5.74, 6) is 3.18. The van der Waals surface area contributed by atoms with Gasteiger partial charge in [-0.3, -0.25) is 4.90 Å². The van der Waals surface area contributed by atoms with Crippen molar-refractivity contribution < 1.29 is 32.5 Å². The Morgan fingerprint density at radius 3 is 2.38 bits per heavy atom. The van der Waals surface area contributed by atoms with Crippen LogP contribution in [0, 0.1) is 23.1 Å². The number of carbonyl (C=O) groups excluding carboxylic acids is 1. The number of carbonyl (C=O) groups is 1. The molecule has 0 saturated carbocycles. The van der Waals surface area contributed by atoms with Crippen LogP contribution in [-0.4, -0.2) is 90.6 Å². The van der Waals surface area contributed by atoms with E-state index in [0.29, 0.717) is 56.1 Å². The highest BCUT2D eigenvalue weighted by Crippen LogP contribution is 2.48. The molecule has 0 unspecified atom stereocenters. The monoisotopic (exact) mass is 831 g/mol. The largest absolute Gasteiger partial charge is 0.472 e. The minimum atomic E-state index is -2.31. The summed E-state index contributed by atoms with van der Waals surface area (Å²) >= 11 is 1.30. The first-order valence-electron chi connectivity index (χ1n) is 20.2. The zero-order chi connectivity index (χ0) is 42.0. The van der Waals surface area contributed by atoms with Crippen molar-refractivity contribution in [3.63, 3.8) is 0 Å². The smallest absolute Gasteiger partial charge is 0.410 e. The predicted octanol–water partition coefficient (Wildman–Crippen LogP) is 10.1. The van der Waals surface area contributed by atoms with Crippen molar-refractivity contribution in [3.8, 4) is 34.4 Å². The summed E-state index contributed by atoms with van der Waals surface area (Å²) in [4.78, 5) is 32.3. The minimum absolute atomic E-state index is 0.0374. The number of fused-ring (bicyclic) bond motifs is 6. The van der Waals surface area contributed by atoms with Crippen LogP contribution < -0.4 is 14.4 Å². The molecule has 2 bridgehead atoms. The van der Waals surface area contributed by atoms with E-state index in [2.05, 4.69) is 57.9 Å². The normalized spacial score (nSPS) is 20.4. The third kappa shape index (κ3) is 7.15. The first kappa shape index (κ1) is 41.9. The van der Waals surface area contributed by atoms with Gasteiger partial charge in [-0.1, -0.05) is 65.3 Å². The van der Waals surface area contributed by atoms with Crippen molar-refractivity contribution >= 4 is 53.4 Å². The van der Waals surface area contributed by atoms with E-state index in [9.17, 15) is 4.79 Å². The number of rotatable bonds is 8. The molecule has 58 heavy (non-hydrogen) atoms. The van der Waals surface area contributed by atoms with Gasteiger partial charge in [0.2, 0.25) is 5.88 Å². The van der Waals surface area contributed by atoms with Crippen LogP contribution in [0.2, 0.25) is 16.6 Å². The minimum Gasteiger partial charge on any atom is -0.472 e. The first-order valence-corrected chi connectivity index (χ1v) is 23.7. The molecule has 310 valence electrons. The Morgan fingerprint density at radius 1 is 1.03 bits per heavy atom. The van der Waals surface area contributed by atoms with E-state index in [1.807, 2.05) is 38.9 Å². The van der Waals surface area contributed by atoms with Crippen molar-refractivity contribution in [2.45, 2.75) is 134 Å². The van der Waals surface area contributed by atoms with Crippen molar-refractivity contribution in [2.24, 2.45) is 0 Å². The van der Waals surface area contributed by atoms with Gasteiger partial charge in [-0.05, 0) is 87.0 Å². The second kappa shape index (κ2) is 15.8. The molecule has 0 spiro atoms. The lowest BCUT2D eigenvalue weighted by Gasteiger charge is -2.48. The molecule has 14 heteroatoms. The molecule has 10 nitrogen and oxygen atoms in total. The highest BCUT2D eigenvalue weighted by atomic mass is 32.2. The van der Waals surface area contributed by atoms with Gasteiger partial charge in [0.15, 0.2) is 17.8 Å². The number of ether oxygens (including phenoxy) is 4. The maximum Gasteiger partial charge on any atom is 0.410 e. The Hall–Kier alpha value is -4.19. The number of thioether (sulfide) groups is 1. The van der Waals surface area contributed by atoms with Crippen LogP contribution in [0.4, 0.5) is 19.4 Å². The summed E-state index contributed by atoms with van der Waals surface area (Å²) in [7, 11) is -0.794. The number of hydrogen-bond acceptors (Lipinski definition) is 10. The summed E-state index contributed by atoms with van der Waals surface area (Å²) in [6.45, 7) is 21.2. The van der Waals surface area contributed by atoms with E-state index in [-0.39, 0.29) is 59.2 Å². The van der Waals surface area contributed by atoms with E-state index in [4.69, 9.17) is 33.9 Å². The molecule has 2 aromatic heterocycles. The fourth-order valence-electron chi connectivity index (χ4n) is 9.82. The Kier molecular flexibility index (Phi) is 11.4. The van der Waals surface area contributed by atoms with E-state index in [0.717, 1.165) is 12.8 Å². The number of nitrogens with zero attached hydrogens (tertiary/aromatic N) is 5. The molecule has 3 aliphatic heterocycles. The summed E-state index contributed by atoms with van der Waals surface area (Å²) in [5, 5.41) is 1.74. The second-order valence-electron chi connectivity index (χ2n) is 17.7. The van der Waals surface area contributed by atoms with Gasteiger partial charge in [-0.15, -0.1) is 5.54 Å². The quantitative estimate of drug-likeness (QED) is 0.0561. The van der Waals surface area contributed by atoms with Crippen molar-refractivity contribution in [3.05, 3.63) is 41.5 Å². The standard InChI is InChI=1S/C44H55F2N5O5SSi/c1-23(2)58(24(3)4,25(5)6)18-17-30-32(45)15-13-27-19-29(54-22-53-11)20-31(34(27)30)37-36(46)38-35-40(49-42(48-38)57-12)50-21-28-14-16-33(39(50)26(7)55-41(35)47-37)51(28)43(52)56-44(8,9)10/h13,15,19-20,23-26,28,33,39H,14,16,21-22H2,1-12H3/t26-,28+,33-,39+/m0/s1. The number of hydrogen-bond donors (Lipinski definition) is 0. The van der Waals surface area contributed by atoms with Crippen LogP contribution >= 0.6 is 11.8 Å². The average molecular weight is 832 g/mol. The molecular weight excluding hydrogens is 777 g/mol. The van der Waals surface area contributed by atoms with Crippen LogP contribution in [0.1, 0.15) is 87.6 Å². The third-order valence-electron chi connectivity index (χ3n) is 12.2. The number of methoxy groups -OCH3 is 1. The van der Waals surface area contributed by atoms with Crippen molar-refractivity contribution in [2.75, 3.05) is 31.6 Å². The predicted molar refractivity (Wildman–Crippen MR) is 229 cm³/mol. The Morgan fingerprint density at radius 2 is 1.74 bits per heavy atom. The highest BCUT2D eigenvalue weighted by molar-refractivity contribution is 7.98. The molecule has 0 radical (unpaired) electrons. The first-order chi connectivity index (χ1) is 27.4. The van der Waals surface area contributed by atoms with Crippen LogP contribution in [0.3, 0.4) is 0 Å². The maximum absolute atomic E-state index is 17.7. The fraction of sp³-hybridized carbons (Fsp3) is 0.545. The van der Waals surface area contributed by atoms with Gasteiger partial charge in [-0.25, -0.2) is 28.5 Å². The number of benzene rings is 2. The fourth-order valence-corrected chi connectivity index (χ4v) is 15.4. The summed E-state index contributed by atoms with van der Waals surface area (Å²) in [6.07, 6.45) is 2.51. The van der Waals surface area contributed by atoms with Gasteiger partial charge >= 0.3 is 6.09 Å². The lowest BCUT2D eigenvalue weighted by atomic mass is 9.95. The Balaban J connectivity index is 1.47. The number of pyridine rings is 1. The maximum atomic E-state index is 17.7. The zero-order valence-electron chi connectivity index (χ0n) is 35.6. The zero-order valence-corrected chi connectivity index (χ0v) is 37.4. The lowest BCUT2D eigenvalue weighted by molar-refractivity contribution is 0.000943. The summed E-state index contributed by atoms with van der Waals surface area (Å²) < 4.78 is 57.8. The third-order valence-corrected chi connectivity index (χ3v) is 19.0. The van der Waals surface area contributed by atoms with Gasteiger partial charge in [0, 0.05) is 24.6 Å². The molecule has 4 aromatic rings. The van der Waals surface area contributed by atoms with E-state index >= 15 is 8.78 Å². The van der Waals surface area contributed by atoms with E-state index in [1.165, 1.54) is 24.9 Å². The van der Waals surface area contributed by atoms with Gasteiger partial charge in [0.05, 0.1) is 23.7 Å². The molecule has 0 N–H and O–H groups in total. The molecule has 1 amide bonds. The Bertz CT molecular complexity index is 2300. The molecule has 2 saturated heterocycles. The number of piperazine rings is 1. The van der Waals surface area contributed by atoms with Crippen LogP contribution in [0.15, 0.2) is 29.4 Å². The summed E-state index contributed by atoms with van der Waals surface area (Å²) in [5.41, 5.74) is 4.38. The van der Waals surface area contributed by atoms with Gasteiger partial charge < -0.3 is 23.8 Å². The van der Waals surface area contributed by atoms with Crippen LogP contribution in [0.25, 0.3) is 32.9 Å². The molecule has 3 aliphatic rings. The Labute approximate surface area is 345 Å². The van der Waals surface area contributed by atoms with E-state index in [1.54, 1.807) is 18.2 Å². The highest BCUT2D eigenvalue weighted by Gasteiger charge is 2.54. The molecule has 0 aliphatic carbocycles. The number of anilines is 1. The number of aromatic nitrogens is 3. The van der Waals surface area contributed by atoms with Gasteiger partial charge in [-0.2, -0.15) is 0 Å².